The van der Waals surface area contributed by atoms with Crippen molar-refractivity contribution in [2.24, 2.45) is 0 Å². The number of likely N-dealkylation sites (tertiary alicyclic amines) is 1. The van der Waals surface area contributed by atoms with Crippen LogP contribution >= 0.6 is 0 Å². The number of imide groups is 1. The van der Waals surface area contributed by atoms with Gasteiger partial charge in [0.25, 0.3) is 0 Å². The zero-order valence-electron chi connectivity index (χ0n) is 27.0. The fraction of sp³-hybridized carbons (Fsp3) is 0.371. The van der Waals surface area contributed by atoms with Crippen molar-refractivity contribution in [3.8, 4) is 22.6 Å². The van der Waals surface area contributed by atoms with Crippen LogP contribution in [0.2, 0.25) is 0 Å². The molecule has 2 aromatic carbocycles. The maximum atomic E-state index is 15.2. The van der Waals surface area contributed by atoms with Crippen molar-refractivity contribution in [2.45, 2.75) is 64.6 Å². The van der Waals surface area contributed by atoms with Crippen LogP contribution in [-0.4, -0.2) is 68.1 Å². The van der Waals surface area contributed by atoms with Gasteiger partial charge in [0.2, 0.25) is 11.7 Å². The van der Waals surface area contributed by atoms with Crippen LogP contribution in [0.25, 0.3) is 22.6 Å². The van der Waals surface area contributed by atoms with Gasteiger partial charge < -0.3 is 14.2 Å². The fourth-order valence-corrected chi connectivity index (χ4v) is 5.87. The Kier molecular flexibility index (Phi) is 9.31. The predicted octanol–water partition coefficient (Wildman–Crippen LogP) is 5.85. The molecule has 0 bridgehead atoms. The molecule has 4 aromatic rings. The lowest BCUT2D eigenvalue weighted by atomic mass is 9.88. The fourth-order valence-electron chi connectivity index (χ4n) is 5.87. The van der Waals surface area contributed by atoms with E-state index < -0.39 is 29.2 Å². The minimum Gasteiger partial charge on any atom is -0.454 e. The summed E-state index contributed by atoms with van der Waals surface area (Å²) in [5, 5.41) is 6.10. The number of urea groups is 1. The molecule has 0 radical (unpaired) electrons. The molecule has 13 heteroatoms. The summed E-state index contributed by atoms with van der Waals surface area (Å²) < 4.78 is 40.6. The number of nitrogens with zero attached hydrogens (tertiary/aromatic N) is 5. The molecule has 0 spiro atoms. The van der Waals surface area contributed by atoms with Crippen LogP contribution in [0.5, 0.6) is 0 Å². The van der Waals surface area contributed by atoms with Crippen molar-refractivity contribution in [1.29, 1.82) is 0 Å². The quantitative estimate of drug-likeness (QED) is 0.232. The number of ether oxygens (including phenoxy) is 1. The molecule has 2 aliphatic heterocycles. The topological polar surface area (TPSA) is 131 Å². The molecule has 4 heterocycles. The highest BCUT2D eigenvalue weighted by Crippen LogP contribution is 2.32. The summed E-state index contributed by atoms with van der Waals surface area (Å²) in [6.07, 6.45) is 4.89. The van der Waals surface area contributed by atoms with Crippen LogP contribution in [0.15, 0.2) is 59.4 Å². The van der Waals surface area contributed by atoms with Gasteiger partial charge in [-0.3, -0.25) is 15.0 Å². The molecule has 48 heavy (non-hydrogen) atoms. The van der Waals surface area contributed by atoms with Crippen LogP contribution in [0, 0.1) is 11.6 Å². The van der Waals surface area contributed by atoms with Crippen LogP contribution < -0.4 is 5.32 Å². The highest BCUT2D eigenvalue weighted by Gasteiger charge is 2.27. The number of carbonyl (C=O) groups excluding carboxylic acids is 3. The second-order valence-electron chi connectivity index (χ2n) is 13.1. The third kappa shape index (κ3) is 7.73. The van der Waals surface area contributed by atoms with Crippen molar-refractivity contribution in [1.82, 2.24) is 30.2 Å². The minimum absolute atomic E-state index is 0.0234. The summed E-state index contributed by atoms with van der Waals surface area (Å²) in [6.45, 7) is 7.58. The molecule has 0 atom stereocenters. The van der Waals surface area contributed by atoms with E-state index in [-0.39, 0.29) is 42.7 Å². The Morgan fingerprint density at radius 3 is 2.33 bits per heavy atom. The van der Waals surface area contributed by atoms with Gasteiger partial charge >= 0.3 is 12.0 Å². The molecule has 2 aromatic heterocycles. The van der Waals surface area contributed by atoms with E-state index in [9.17, 15) is 14.4 Å². The second-order valence-corrected chi connectivity index (χ2v) is 13.1. The zero-order valence-corrected chi connectivity index (χ0v) is 27.0. The molecule has 11 nitrogen and oxygen atoms in total. The molecular formula is C35H36F2N6O5. The van der Waals surface area contributed by atoms with E-state index in [4.69, 9.17) is 9.26 Å². The van der Waals surface area contributed by atoms with Gasteiger partial charge in [0, 0.05) is 49.1 Å². The predicted molar refractivity (Wildman–Crippen MR) is 170 cm³/mol. The Morgan fingerprint density at radius 1 is 0.958 bits per heavy atom. The lowest BCUT2D eigenvalue weighted by molar-refractivity contribution is -0.121. The van der Waals surface area contributed by atoms with Crippen molar-refractivity contribution < 1.29 is 32.4 Å². The molecule has 1 N–H and O–H groups in total. The number of aromatic nitrogens is 3. The van der Waals surface area contributed by atoms with E-state index in [2.05, 4.69) is 25.3 Å². The number of hydrogen-bond donors (Lipinski definition) is 1. The standard InChI is InChI=1S/C35H36F2N6O5/c1-35(2,3)47-33(45)30-16-29(41-48-30)32-38-17-25(18-39-32)22-6-4-21(5-7-22)19-42-11-8-23(9-12-42)26-15-27(36)24(14-28(26)37)20-43-13-10-31(44)40-34(43)46/h4-7,14-18,23H,8-13,19-20H2,1-3H3,(H,40,44,46). The number of carbonyl (C=O) groups is 3. The summed E-state index contributed by atoms with van der Waals surface area (Å²) in [6, 6.07) is 11.4. The number of hydrogen-bond acceptors (Lipinski definition) is 9. The highest BCUT2D eigenvalue weighted by atomic mass is 19.1. The van der Waals surface area contributed by atoms with Gasteiger partial charge in [-0.25, -0.2) is 28.3 Å². The molecule has 0 saturated carbocycles. The Morgan fingerprint density at radius 2 is 1.67 bits per heavy atom. The Labute approximate surface area is 276 Å². The molecule has 2 saturated heterocycles. The normalized spacial score (nSPS) is 16.2. The van der Waals surface area contributed by atoms with Gasteiger partial charge in [-0.2, -0.15) is 0 Å². The van der Waals surface area contributed by atoms with E-state index in [1.807, 2.05) is 24.3 Å². The largest absolute Gasteiger partial charge is 0.454 e. The van der Waals surface area contributed by atoms with Crippen molar-refractivity contribution >= 4 is 17.9 Å². The molecule has 6 rings (SSSR count). The molecular weight excluding hydrogens is 622 g/mol. The molecule has 0 unspecified atom stereocenters. The smallest absolute Gasteiger partial charge is 0.377 e. The summed E-state index contributed by atoms with van der Waals surface area (Å²) in [7, 11) is 0. The van der Waals surface area contributed by atoms with Gasteiger partial charge in [0.15, 0.2) is 11.5 Å². The van der Waals surface area contributed by atoms with Gasteiger partial charge in [0.1, 0.15) is 17.2 Å². The third-order valence-electron chi connectivity index (χ3n) is 8.38. The van der Waals surface area contributed by atoms with Crippen molar-refractivity contribution in [3.63, 3.8) is 0 Å². The summed E-state index contributed by atoms with van der Waals surface area (Å²) in [5.41, 5.74) is 3.00. The van der Waals surface area contributed by atoms with Crippen LogP contribution in [0.1, 0.15) is 73.2 Å². The van der Waals surface area contributed by atoms with E-state index in [1.165, 1.54) is 23.1 Å². The van der Waals surface area contributed by atoms with Gasteiger partial charge in [-0.05, 0) is 81.4 Å². The van der Waals surface area contributed by atoms with Gasteiger partial charge in [-0.1, -0.05) is 29.4 Å². The first-order valence-electron chi connectivity index (χ1n) is 15.8. The number of nitrogens with one attached hydrogen (secondary N) is 1. The number of amides is 3. The summed E-state index contributed by atoms with van der Waals surface area (Å²) in [4.78, 5) is 48.0. The number of piperidine rings is 1. The molecule has 2 aliphatic rings. The SMILES string of the molecule is CC(C)(C)OC(=O)c1cc(-c2ncc(-c3ccc(CN4CCC(c5cc(F)c(CN6CCC(=O)NC6=O)cc5F)CC4)cc3)cn2)no1. The van der Waals surface area contributed by atoms with E-state index >= 15 is 8.78 Å². The zero-order chi connectivity index (χ0) is 34.0. The third-order valence-corrected chi connectivity index (χ3v) is 8.38. The number of halogens is 2. The van der Waals surface area contributed by atoms with E-state index in [1.54, 1.807) is 33.2 Å². The first-order valence-corrected chi connectivity index (χ1v) is 15.8. The maximum absolute atomic E-state index is 15.2. The van der Waals surface area contributed by atoms with E-state index in [0.29, 0.717) is 29.9 Å². The molecule has 2 fully saturated rings. The average molecular weight is 659 g/mol. The van der Waals surface area contributed by atoms with Crippen LogP contribution in [-0.2, 0) is 22.6 Å². The second kappa shape index (κ2) is 13.6. The van der Waals surface area contributed by atoms with Crippen molar-refractivity contribution in [3.05, 3.63) is 88.9 Å². The lowest BCUT2D eigenvalue weighted by Crippen LogP contribution is -2.48. The summed E-state index contributed by atoms with van der Waals surface area (Å²) >= 11 is 0. The van der Waals surface area contributed by atoms with Crippen molar-refractivity contribution in [2.75, 3.05) is 19.6 Å². The number of benzene rings is 2. The Bertz CT molecular complexity index is 1810. The number of rotatable bonds is 8. The first kappa shape index (κ1) is 32.9. The Balaban J connectivity index is 1.01. The minimum atomic E-state index is -0.659. The first-order chi connectivity index (χ1) is 22.9. The van der Waals surface area contributed by atoms with Gasteiger partial charge in [-0.15, -0.1) is 0 Å². The monoisotopic (exact) mass is 658 g/mol. The maximum Gasteiger partial charge on any atom is 0.377 e. The van der Waals surface area contributed by atoms with Gasteiger partial charge in [0.05, 0.1) is 6.54 Å². The highest BCUT2D eigenvalue weighted by molar-refractivity contribution is 5.96. The average Bonchev–Trinajstić information content (AvgIpc) is 3.55. The Hall–Kier alpha value is -5.04. The van der Waals surface area contributed by atoms with Crippen LogP contribution in [0.3, 0.4) is 0 Å². The molecule has 250 valence electrons. The summed E-state index contributed by atoms with van der Waals surface area (Å²) in [5.74, 6) is -1.82. The lowest BCUT2D eigenvalue weighted by Gasteiger charge is -2.32. The molecule has 3 amide bonds. The number of esters is 1. The van der Waals surface area contributed by atoms with E-state index in [0.717, 1.165) is 36.3 Å². The molecule has 0 aliphatic carbocycles. The van der Waals surface area contributed by atoms with Crippen LogP contribution in [0.4, 0.5) is 13.6 Å².